The summed E-state index contributed by atoms with van der Waals surface area (Å²) in [7, 11) is 0. The van der Waals surface area contributed by atoms with Crippen LogP contribution in [0.3, 0.4) is 0 Å². The van der Waals surface area contributed by atoms with E-state index < -0.39 is 0 Å². The lowest BCUT2D eigenvalue weighted by molar-refractivity contribution is 0.0952. The number of aromatic nitrogens is 4. The minimum Gasteiger partial charge on any atom is -0.352 e. The predicted molar refractivity (Wildman–Crippen MR) is 66.0 cm³/mol. The zero-order chi connectivity index (χ0) is 12.8. The van der Waals surface area contributed by atoms with Gasteiger partial charge in [-0.2, -0.15) is 5.10 Å². The van der Waals surface area contributed by atoms with Gasteiger partial charge >= 0.3 is 0 Å². The van der Waals surface area contributed by atoms with Crippen LogP contribution in [0.4, 0.5) is 0 Å². The average molecular weight is 245 g/mol. The van der Waals surface area contributed by atoms with Gasteiger partial charge in [-0.3, -0.25) is 14.9 Å². The van der Waals surface area contributed by atoms with Gasteiger partial charge < -0.3 is 5.32 Å². The molecule has 6 nitrogen and oxygen atoms in total. The van der Waals surface area contributed by atoms with Crippen LogP contribution < -0.4 is 5.32 Å². The highest BCUT2D eigenvalue weighted by Crippen LogP contribution is 2.03. The van der Waals surface area contributed by atoms with Gasteiger partial charge in [-0.25, -0.2) is 4.98 Å². The van der Waals surface area contributed by atoms with E-state index in [2.05, 4.69) is 25.5 Å². The van der Waals surface area contributed by atoms with Gasteiger partial charge in [-0.15, -0.1) is 0 Å². The number of carbonyl (C=O) groups excluding carboxylic acids is 1. The summed E-state index contributed by atoms with van der Waals surface area (Å²) in [6, 6.07) is 3.53. The van der Waals surface area contributed by atoms with E-state index >= 15 is 0 Å². The smallest absolute Gasteiger partial charge is 0.253 e. The molecule has 0 bridgehead atoms. The van der Waals surface area contributed by atoms with E-state index in [0.717, 1.165) is 24.4 Å². The number of H-pyrrole nitrogens is 1. The fourth-order valence-electron chi connectivity index (χ4n) is 1.63. The maximum absolute atomic E-state index is 11.8. The molecule has 2 aromatic heterocycles. The molecule has 0 aromatic carbocycles. The molecule has 0 saturated carbocycles. The van der Waals surface area contributed by atoms with Gasteiger partial charge in [0.25, 0.3) is 5.91 Å². The number of rotatable bonds is 5. The Morgan fingerprint density at radius 3 is 3.06 bits per heavy atom. The minimum absolute atomic E-state index is 0.0850. The van der Waals surface area contributed by atoms with Crippen molar-refractivity contribution in [1.82, 2.24) is 25.5 Å². The zero-order valence-electron chi connectivity index (χ0n) is 10.2. The van der Waals surface area contributed by atoms with Crippen molar-refractivity contribution in [2.45, 2.75) is 19.8 Å². The van der Waals surface area contributed by atoms with E-state index in [1.165, 1.54) is 6.33 Å². The molecule has 0 saturated heterocycles. The first-order valence-electron chi connectivity index (χ1n) is 5.81. The topological polar surface area (TPSA) is 83.6 Å². The summed E-state index contributed by atoms with van der Waals surface area (Å²) in [4.78, 5) is 19.9. The molecule has 18 heavy (non-hydrogen) atoms. The third-order valence-corrected chi connectivity index (χ3v) is 2.59. The van der Waals surface area contributed by atoms with E-state index in [4.69, 9.17) is 0 Å². The number of hydrogen-bond donors (Lipinski definition) is 2. The van der Waals surface area contributed by atoms with Crippen LogP contribution in [-0.2, 0) is 6.42 Å². The van der Waals surface area contributed by atoms with Crippen LogP contribution in [0.5, 0.6) is 0 Å². The highest BCUT2D eigenvalue weighted by atomic mass is 16.1. The zero-order valence-corrected chi connectivity index (χ0v) is 10.2. The molecule has 0 radical (unpaired) electrons. The predicted octanol–water partition coefficient (Wildman–Crippen LogP) is 0.871. The lowest BCUT2D eigenvalue weighted by atomic mass is 10.2. The van der Waals surface area contributed by atoms with E-state index in [-0.39, 0.29) is 5.91 Å². The van der Waals surface area contributed by atoms with Gasteiger partial charge in [0.2, 0.25) is 0 Å². The fraction of sp³-hybridized carbons (Fsp3) is 0.333. The van der Waals surface area contributed by atoms with Gasteiger partial charge in [0.15, 0.2) is 0 Å². The van der Waals surface area contributed by atoms with Gasteiger partial charge in [-0.1, -0.05) is 0 Å². The molecule has 2 heterocycles. The van der Waals surface area contributed by atoms with Crippen LogP contribution >= 0.6 is 0 Å². The number of amides is 1. The van der Waals surface area contributed by atoms with Crippen molar-refractivity contribution in [3.05, 3.63) is 41.7 Å². The largest absolute Gasteiger partial charge is 0.352 e. The summed E-state index contributed by atoms with van der Waals surface area (Å²) in [6.45, 7) is 2.43. The fourth-order valence-corrected chi connectivity index (χ4v) is 1.63. The Bertz CT molecular complexity index is 509. The molecule has 6 heteroatoms. The van der Waals surface area contributed by atoms with Crippen LogP contribution in [0.25, 0.3) is 0 Å². The monoisotopic (exact) mass is 245 g/mol. The Hall–Kier alpha value is -2.24. The van der Waals surface area contributed by atoms with Crippen LogP contribution in [0.2, 0.25) is 0 Å². The van der Waals surface area contributed by atoms with Gasteiger partial charge in [0, 0.05) is 24.9 Å². The molecule has 2 aromatic rings. The molecule has 94 valence electrons. The van der Waals surface area contributed by atoms with Crippen molar-refractivity contribution in [1.29, 1.82) is 0 Å². The Balaban J connectivity index is 1.77. The summed E-state index contributed by atoms with van der Waals surface area (Å²) in [5.41, 5.74) is 1.36. The van der Waals surface area contributed by atoms with Crippen molar-refractivity contribution in [2.75, 3.05) is 6.54 Å². The molecule has 0 aliphatic heterocycles. The minimum atomic E-state index is -0.0850. The second-order valence-electron chi connectivity index (χ2n) is 3.93. The van der Waals surface area contributed by atoms with E-state index in [1.807, 2.05) is 6.92 Å². The molecule has 0 spiro atoms. The molecule has 2 rings (SSSR count). The van der Waals surface area contributed by atoms with Crippen molar-refractivity contribution in [2.24, 2.45) is 0 Å². The second kappa shape index (κ2) is 5.90. The quantitative estimate of drug-likeness (QED) is 0.766. The average Bonchev–Trinajstić information content (AvgIpc) is 2.88. The number of aromatic amines is 1. The van der Waals surface area contributed by atoms with E-state index in [0.29, 0.717) is 12.1 Å². The number of aryl methyl sites for hydroxylation is 2. The molecule has 0 atom stereocenters. The molecular weight excluding hydrogens is 230 g/mol. The Morgan fingerprint density at radius 1 is 1.44 bits per heavy atom. The first kappa shape index (κ1) is 12.2. The highest BCUT2D eigenvalue weighted by Gasteiger charge is 2.07. The molecule has 0 aliphatic carbocycles. The number of hydrogen-bond acceptors (Lipinski definition) is 4. The number of pyridine rings is 1. The molecule has 0 fully saturated rings. The van der Waals surface area contributed by atoms with Gasteiger partial charge in [0.1, 0.15) is 12.2 Å². The summed E-state index contributed by atoms with van der Waals surface area (Å²) in [5, 5.41) is 9.41. The SMILES string of the molecule is Cc1ncccc1C(=O)NCCCc1ncn[nH]1. The first-order chi connectivity index (χ1) is 8.77. The number of carbonyl (C=O) groups is 1. The van der Waals surface area contributed by atoms with Crippen LogP contribution in [-0.4, -0.2) is 32.6 Å². The third-order valence-electron chi connectivity index (χ3n) is 2.59. The van der Waals surface area contributed by atoms with Gasteiger partial charge in [-0.05, 0) is 25.5 Å². The Kier molecular flexibility index (Phi) is 4.01. The normalized spacial score (nSPS) is 10.3. The van der Waals surface area contributed by atoms with Crippen molar-refractivity contribution in [3.63, 3.8) is 0 Å². The lowest BCUT2D eigenvalue weighted by Crippen LogP contribution is -2.25. The molecule has 2 N–H and O–H groups in total. The second-order valence-corrected chi connectivity index (χ2v) is 3.93. The van der Waals surface area contributed by atoms with Crippen molar-refractivity contribution in [3.8, 4) is 0 Å². The summed E-state index contributed by atoms with van der Waals surface area (Å²) in [5.74, 6) is 0.750. The number of nitrogens with one attached hydrogen (secondary N) is 2. The molecule has 0 unspecified atom stereocenters. The maximum atomic E-state index is 11.8. The third kappa shape index (κ3) is 3.13. The van der Waals surface area contributed by atoms with Crippen LogP contribution in [0.15, 0.2) is 24.7 Å². The van der Waals surface area contributed by atoms with Crippen molar-refractivity contribution < 1.29 is 4.79 Å². The molecular formula is C12H15N5O. The molecule has 0 aliphatic rings. The molecule has 1 amide bonds. The Labute approximate surface area is 105 Å². The van der Waals surface area contributed by atoms with Crippen LogP contribution in [0.1, 0.15) is 28.3 Å². The van der Waals surface area contributed by atoms with Gasteiger partial charge in [0.05, 0.1) is 5.56 Å². The number of nitrogens with zero attached hydrogens (tertiary/aromatic N) is 3. The van der Waals surface area contributed by atoms with Crippen LogP contribution in [0, 0.1) is 6.92 Å². The highest BCUT2D eigenvalue weighted by molar-refractivity contribution is 5.95. The Morgan fingerprint density at radius 2 is 2.33 bits per heavy atom. The van der Waals surface area contributed by atoms with E-state index in [1.54, 1.807) is 18.3 Å². The van der Waals surface area contributed by atoms with E-state index in [9.17, 15) is 4.79 Å². The first-order valence-corrected chi connectivity index (χ1v) is 5.81. The summed E-state index contributed by atoms with van der Waals surface area (Å²) in [6.07, 6.45) is 4.75. The van der Waals surface area contributed by atoms with Crippen molar-refractivity contribution >= 4 is 5.91 Å². The summed E-state index contributed by atoms with van der Waals surface area (Å²) < 4.78 is 0. The summed E-state index contributed by atoms with van der Waals surface area (Å²) >= 11 is 0. The standard InChI is InChI=1S/C12H15N5O/c1-9-10(4-2-6-13-9)12(18)14-7-3-5-11-15-8-16-17-11/h2,4,6,8H,3,5,7H2,1H3,(H,14,18)(H,15,16,17). The maximum Gasteiger partial charge on any atom is 0.253 e. The lowest BCUT2D eigenvalue weighted by Gasteiger charge is -2.06.